The van der Waals surface area contributed by atoms with Crippen molar-refractivity contribution in [3.63, 3.8) is 0 Å². The number of carbonyl (C=O) groups excluding carboxylic acids is 1. The van der Waals surface area contributed by atoms with Gasteiger partial charge in [0.25, 0.3) is 5.91 Å². The Morgan fingerprint density at radius 2 is 1.82 bits per heavy atom. The van der Waals surface area contributed by atoms with Crippen molar-refractivity contribution >= 4 is 40.7 Å². The SMILES string of the molecule is O=C1NN(Cc2ccc(Cl)cc2)CC(Cl)=C1Cl. The Bertz CT molecular complexity index is 470. The first-order valence-electron chi connectivity index (χ1n) is 4.91. The number of benzene rings is 1. The van der Waals surface area contributed by atoms with Crippen LogP contribution in [0.5, 0.6) is 0 Å². The summed E-state index contributed by atoms with van der Waals surface area (Å²) in [7, 11) is 0. The average molecular weight is 292 g/mol. The molecule has 1 heterocycles. The van der Waals surface area contributed by atoms with Crippen LogP contribution in [0.3, 0.4) is 0 Å². The monoisotopic (exact) mass is 290 g/mol. The first kappa shape index (κ1) is 12.7. The molecule has 0 atom stereocenters. The smallest absolute Gasteiger partial charge is 0.278 e. The van der Waals surface area contributed by atoms with Gasteiger partial charge in [0.15, 0.2) is 0 Å². The van der Waals surface area contributed by atoms with Crippen LogP contribution in [-0.2, 0) is 11.3 Å². The molecule has 1 aromatic rings. The summed E-state index contributed by atoms with van der Waals surface area (Å²) in [6, 6.07) is 7.38. The molecule has 6 heteroatoms. The van der Waals surface area contributed by atoms with E-state index >= 15 is 0 Å². The van der Waals surface area contributed by atoms with E-state index in [9.17, 15) is 4.79 Å². The summed E-state index contributed by atoms with van der Waals surface area (Å²) in [4.78, 5) is 11.4. The lowest BCUT2D eigenvalue weighted by Gasteiger charge is -2.27. The fourth-order valence-corrected chi connectivity index (χ4v) is 1.96. The van der Waals surface area contributed by atoms with Crippen molar-refractivity contribution in [2.24, 2.45) is 0 Å². The van der Waals surface area contributed by atoms with Gasteiger partial charge in [-0.2, -0.15) is 0 Å². The first-order chi connectivity index (χ1) is 8.06. The van der Waals surface area contributed by atoms with Crippen LogP contribution in [0.1, 0.15) is 5.56 Å². The van der Waals surface area contributed by atoms with Crippen LogP contribution in [0.25, 0.3) is 0 Å². The van der Waals surface area contributed by atoms with E-state index in [0.29, 0.717) is 23.1 Å². The predicted molar refractivity (Wildman–Crippen MR) is 68.7 cm³/mol. The topological polar surface area (TPSA) is 32.3 Å². The lowest BCUT2D eigenvalue weighted by atomic mass is 10.2. The van der Waals surface area contributed by atoms with Crippen molar-refractivity contribution in [1.82, 2.24) is 10.4 Å². The van der Waals surface area contributed by atoms with Crippen LogP contribution in [0, 0.1) is 0 Å². The van der Waals surface area contributed by atoms with Gasteiger partial charge in [-0.25, -0.2) is 5.01 Å². The van der Waals surface area contributed by atoms with Gasteiger partial charge in [-0.3, -0.25) is 10.2 Å². The summed E-state index contributed by atoms with van der Waals surface area (Å²) >= 11 is 17.4. The van der Waals surface area contributed by atoms with Gasteiger partial charge in [0.1, 0.15) is 5.03 Å². The first-order valence-corrected chi connectivity index (χ1v) is 6.04. The number of hydrogen-bond donors (Lipinski definition) is 1. The molecule has 0 radical (unpaired) electrons. The zero-order valence-corrected chi connectivity index (χ0v) is 11.0. The Kier molecular flexibility index (Phi) is 3.94. The van der Waals surface area contributed by atoms with Crippen LogP contribution in [0.4, 0.5) is 0 Å². The third-order valence-electron chi connectivity index (χ3n) is 2.31. The molecule has 0 spiro atoms. The van der Waals surface area contributed by atoms with Crippen LogP contribution in [-0.4, -0.2) is 17.5 Å². The third-order valence-corrected chi connectivity index (χ3v) is 3.37. The summed E-state index contributed by atoms with van der Waals surface area (Å²) in [5.41, 5.74) is 3.67. The summed E-state index contributed by atoms with van der Waals surface area (Å²) < 4.78 is 0. The number of halogens is 3. The van der Waals surface area contributed by atoms with Gasteiger partial charge in [0.05, 0.1) is 11.6 Å². The fraction of sp³-hybridized carbons (Fsp3) is 0.182. The number of nitrogens with zero attached hydrogens (tertiary/aromatic N) is 1. The highest BCUT2D eigenvalue weighted by Crippen LogP contribution is 2.20. The minimum atomic E-state index is -0.378. The van der Waals surface area contributed by atoms with Gasteiger partial charge >= 0.3 is 0 Å². The van der Waals surface area contributed by atoms with Gasteiger partial charge in [0, 0.05) is 11.6 Å². The maximum Gasteiger partial charge on any atom is 0.278 e. The Hall–Kier alpha value is -0.740. The molecule has 0 aromatic heterocycles. The second-order valence-corrected chi connectivity index (χ2v) is 4.91. The van der Waals surface area contributed by atoms with Crippen LogP contribution < -0.4 is 5.43 Å². The Morgan fingerprint density at radius 1 is 1.18 bits per heavy atom. The molecule has 90 valence electrons. The molecule has 1 aromatic carbocycles. The summed E-state index contributed by atoms with van der Waals surface area (Å²) in [5.74, 6) is -0.378. The van der Waals surface area contributed by atoms with Crippen LogP contribution >= 0.6 is 34.8 Å². The zero-order valence-electron chi connectivity index (χ0n) is 8.71. The molecule has 0 fully saturated rings. The van der Waals surface area contributed by atoms with E-state index in [-0.39, 0.29) is 10.9 Å². The molecule has 0 saturated heterocycles. The van der Waals surface area contributed by atoms with E-state index in [1.54, 1.807) is 17.1 Å². The number of hydrogen-bond acceptors (Lipinski definition) is 2. The number of rotatable bonds is 2. The molecule has 1 N–H and O–H groups in total. The van der Waals surface area contributed by atoms with E-state index in [0.717, 1.165) is 5.56 Å². The fourth-order valence-electron chi connectivity index (χ4n) is 1.50. The van der Waals surface area contributed by atoms with Crippen LogP contribution in [0.2, 0.25) is 5.02 Å². The quantitative estimate of drug-likeness (QED) is 0.909. The highest BCUT2D eigenvalue weighted by molar-refractivity contribution is 6.48. The molecular weight excluding hydrogens is 282 g/mol. The predicted octanol–water partition coefficient (Wildman–Crippen LogP) is 2.88. The average Bonchev–Trinajstić information content (AvgIpc) is 2.29. The van der Waals surface area contributed by atoms with E-state index in [2.05, 4.69) is 5.43 Å². The molecule has 0 bridgehead atoms. The normalized spacial score (nSPS) is 17.2. The van der Waals surface area contributed by atoms with Crippen molar-refractivity contribution in [2.75, 3.05) is 6.54 Å². The van der Waals surface area contributed by atoms with Gasteiger partial charge in [-0.05, 0) is 17.7 Å². The van der Waals surface area contributed by atoms with Crippen molar-refractivity contribution < 1.29 is 4.79 Å². The zero-order chi connectivity index (χ0) is 12.4. The second-order valence-electron chi connectivity index (χ2n) is 3.64. The Morgan fingerprint density at radius 3 is 2.41 bits per heavy atom. The summed E-state index contributed by atoms with van der Waals surface area (Å²) in [5, 5.41) is 2.78. The van der Waals surface area contributed by atoms with E-state index in [1.165, 1.54) is 0 Å². The minimum Gasteiger partial charge on any atom is -0.283 e. The molecule has 0 saturated carbocycles. The van der Waals surface area contributed by atoms with E-state index in [1.807, 2.05) is 12.1 Å². The van der Waals surface area contributed by atoms with Crippen molar-refractivity contribution in [3.8, 4) is 0 Å². The van der Waals surface area contributed by atoms with E-state index < -0.39 is 0 Å². The molecule has 1 amide bonds. The molecule has 1 aliphatic rings. The third kappa shape index (κ3) is 3.13. The standard InChI is InChI=1S/C11H9Cl3N2O/c12-8-3-1-7(2-4-8)5-16-6-9(13)10(14)11(17)15-16/h1-4H,5-6H2,(H,15,17). The molecule has 3 nitrogen and oxygen atoms in total. The van der Waals surface area contributed by atoms with Gasteiger partial charge in [-0.15, -0.1) is 0 Å². The summed E-state index contributed by atoms with van der Waals surface area (Å²) in [6.45, 7) is 0.943. The van der Waals surface area contributed by atoms with Crippen molar-refractivity contribution in [3.05, 3.63) is 44.9 Å². The maximum atomic E-state index is 11.4. The molecule has 17 heavy (non-hydrogen) atoms. The number of carbonyl (C=O) groups is 1. The summed E-state index contributed by atoms with van der Waals surface area (Å²) in [6.07, 6.45) is 0. The second kappa shape index (κ2) is 5.27. The highest BCUT2D eigenvalue weighted by Gasteiger charge is 2.22. The lowest BCUT2D eigenvalue weighted by Crippen LogP contribution is -2.46. The Labute approximate surface area is 114 Å². The number of amides is 1. The molecule has 1 aliphatic heterocycles. The Balaban J connectivity index is 2.07. The number of hydrazine groups is 1. The van der Waals surface area contributed by atoms with E-state index in [4.69, 9.17) is 34.8 Å². The van der Waals surface area contributed by atoms with Crippen LogP contribution in [0.15, 0.2) is 34.3 Å². The minimum absolute atomic E-state index is 0.0547. The van der Waals surface area contributed by atoms with Gasteiger partial charge in [-0.1, -0.05) is 46.9 Å². The lowest BCUT2D eigenvalue weighted by molar-refractivity contribution is -0.122. The van der Waals surface area contributed by atoms with Gasteiger partial charge in [0.2, 0.25) is 0 Å². The van der Waals surface area contributed by atoms with Gasteiger partial charge < -0.3 is 0 Å². The molecular formula is C11H9Cl3N2O. The largest absolute Gasteiger partial charge is 0.283 e. The molecule has 2 rings (SSSR count). The molecule has 0 unspecified atom stereocenters. The maximum absolute atomic E-state index is 11.4. The van der Waals surface area contributed by atoms with Crippen molar-refractivity contribution in [1.29, 1.82) is 0 Å². The molecule has 0 aliphatic carbocycles. The number of nitrogens with one attached hydrogen (secondary N) is 1. The van der Waals surface area contributed by atoms with Crippen molar-refractivity contribution in [2.45, 2.75) is 6.54 Å². The highest BCUT2D eigenvalue weighted by atomic mass is 35.5.